The molecular weight excluding hydrogens is 285 g/mol. The van der Waals surface area contributed by atoms with E-state index in [0.717, 1.165) is 0 Å². The number of hydrogen-bond donors (Lipinski definition) is 0. The van der Waals surface area contributed by atoms with Crippen LogP contribution in [0.4, 0.5) is 4.39 Å². The average Bonchev–Trinajstić information content (AvgIpc) is 3.19. The largest absolute Gasteiger partial charge is 0.311 e. The predicted octanol–water partition coefficient (Wildman–Crippen LogP) is 1.59. The highest BCUT2D eigenvalue weighted by Crippen LogP contribution is 2.17. The lowest BCUT2D eigenvalue weighted by atomic mass is 10.2. The SMILES string of the molecule is Fc1ccccc1Cn1cnc2c(-n3cncn3)ncnc21. The lowest BCUT2D eigenvalue weighted by Crippen LogP contribution is -2.04. The van der Waals surface area contributed by atoms with E-state index < -0.39 is 0 Å². The van der Waals surface area contributed by atoms with E-state index in [4.69, 9.17) is 0 Å². The van der Waals surface area contributed by atoms with E-state index in [-0.39, 0.29) is 5.82 Å². The van der Waals surface area contributed by atoms with Crippen LogP contribution < -0.4 is 0 Å². The predicted molar refractivity (Wildman–Crippen MR) is 75.7 cm³/mol. The van der Waals surface area contributed by atoms with Crippen LogP contribution in [0.25, 0.3) is 17.0 Å². The first kappa shape index (κ1) is 12.6. The quantitative estimate of drug-likeness (QED) is 0.574. The van der Waals surface area contributed by atoms with Crippen LogP contribution in [0.3, 0.4) is 0 Å². The Kier molecular flexibility index (Phi) is 2.85. The molecule has 0 N–H and O–H groups in total. The minimum absolute atomic E-state index is 0.255. The van der Waals surface area contributed by atoms with Gasteiger partial charge in [0.2, 0.25) is 0 Å². The van der Waals surface area contributed by atoms with Gasteiger partial charge in [0.1, 0.15) is 24.8 Å². The van der Waals surface area contributed by atoms with E-state index in [0.29, 0.717) is 29.1 Å². The lowest BCUT2D eigenvalue weighted by Gasteiger charge is -2.05. The maximum absolute atomic E-state index is 13.8. The minimum atomic E-state index is -0.255. The molecule has 0 radical (unpaired) electrons. The molecule has 0 saturated carbocycles. The number of benzene rings is 1. The van der Waals surface area contributed by atoms with Gasteiger partial charge in [0.15, 0.2) is 17.0 Å². The highest BCUT2D eigenvalue weighted by molar-refractivity contribution is 5.78. The van der Waals surface area contributed by atoms with Gasteiger partial charge in [-0.2, -0.15) is 5.10 Å². The van der Waals surface area contributed by atoms with Gasteiger partial charge < -0.3 is 4.57 Å². The number of halogens is 1. The van der Waals surface area contributed by atoms with Crippen molar-refractivity contribution in [3.05, 3.63) is 61.0 Å². The zero-order valence-electron chi connectivity index (χ0n) is 11.3. The highest BCUT2D eigenvalue weighted by atomic mass is 19.1. The number of rotatable bonds is 3. The lowest BCUT2D eigenvalue weighted by molar-refractivity contribution is 0.601. The van der Waals surface area contributed by atoms with Gasteiger partial charge in [-0.25, -0.2) is 29.0 Å². The van der Waals surface area contributed by atoms with Gasteiger partial charge in [-0.1, -0.05) is 18.2 Å². The minimum Gasteiger partial charge on any atom is -0.311 e. The summed E-state index contributed by atoms with van der Waals surface area (Å²) in [5.41, 5.74) is 1.77. The van der Waals surface area contributed by atoms with Crippen LogP contribution >= 0.6 is 0 Å². The summed E-state index contributed by atoms with van der Waals surface area (Å²) >= 11 is 0. The molecule has 0 aliphatic rings. The van der Waals surface area contributed by atoms with Gasteiger partial charge >= 0.3 is 0 Å². The molecule has 3 aromatic heterocycles. The Bertz CT molecular complexity index is 929. The third-order valence-corrected chi connectivity index (χ3v) is 3.32. The molecule has 0 saturated heterocycles. The molecule has 8 heteroatoms. The highest BCUT2D eigenvalue weighted by Gasteiger charge is 2.13. The molecular formula is C14H10FN7. The van der Waals surface area contributed by atoms with Crippen molar-refractivity contribution in [3.8, 4) is 5.82 Å². The van der Waals surface area contributed by atoms with E-state index in [1.165, 1.54) is 29.7 Å². The van der Waals surface area contributed by atoms with Crippen molar-refractivity contribution < 1.29 is 4.39 Å². The van der Waals surface area contributed by atoms with Crippen molar-refractivity contribution in [2.45, 2.75) is 6.54 Å². The Hall–Kier alpha value is -3.16. The second-order valence-corrected chi connectivity index (χ2v) is 4.67. The van der Waals surface area contributed by atoms with Crippen molar-refractivity contribution in [2.24, 2.45) is 0 Å². The van der Waals surface area contributed by atoms with E-state index in [1.807, 2.05) is 0 Å². The maximum atomic E-state index is 13.8. The topological polar surface area (TPSA) is 74.3 Å². The van der Waals surface area contributed by atoms with Crippen LogP contribution in [0.2, 0.25) is 0 Å². The van der Waals surface area contributed by atoms with E-state index >= 15 is 0 Å². The molecule has 3 heterocycles. The Balaban J connectivity index is 1.81. The smallest absolute Gasteiger partial charge is 0.186 e. The zero-order valence-corrected chi connectivity index (χ0v) is 11.3. The summed E-state index contributed by atoms with van der Waals surface area (Å²) in [6, 6.07) is 6.63. The van der Waals surface area contributed by atoms with Gasteiger partial charge in [0.25, 0.3) is 0 Å². The molecule has 0 amide bonds. The summed E-state index contributed by atoms with van der Waals surface area (Å²) in [5, 5.41) is 4.05. The Morgan fingerprint density at radius 3 is 2.73 bits per heavy atom. The molecule has 0 unspecified atom stereocenters. The summed E-state index contributed by atoms with van der Waals surface area (Å²) in [5.74, 6) is 0.282. The molecule has 22 heavy (non-hydrogen) atoms. The normalized spacial score (nSPS) is 11.1. The third kappa shape index (κ3) is 2.01. The zero-order chi connectivity index (χ0) is 14.9. The number of aromatic nitrogens is 7. The van der Waals surface area contributed by atoms with Gasteiger partial charge in [0, 0.05) is 5.56 Å². The van der Waals surface area contributed by atoms with Crippen LogP contribution in [0.5, 0.6) is 0 Å². The van der Waals surface area contributed by atoms with Gasteiger partial charge in [-0.3, -0.25) is 0 Å². The van der Waals surface area contributed by atoms with Crippen LogP contribution in [0.15, 0.2) is 49.6 Å². The monoisotopic (exact) mass is 295 g/mol. The van der Waals surface area contributed by atoms with Crippen molar-refractivity contribution in [2.75, 3.05) is 0 Å². The fourth-order valence-electron chi connectivity index (χ4n) is 2.28. The van der Waals surface area contributed by atoms with Gasteiger partial charge in [-0.05, 0) is 6.07 Å². The summed E-state index contributed by atoms with van der Waals surface area (Å²) in [4.78, 5) is 16.7. The number of fused-ring (bicyclic) bond motifs is 1. The fraction of sp³-hybridized carbons (Fsp3) is 0.0714. The van der Waals surface area contributed by atoms with Crippen LogP contribution in [-0.2, 0) is 6.54 Å². The maximum Gasteiger partial charge on any atom is 0.186 e. The van der Waals surface area contributed by atoms with Crippen LogP contribution in [-0.4, -0.2) is 34.3 Å². The standard InChI is InChI=1S/C14H10FN7/c15-11-4-2-1-3-10(11)5-21-9-19-12-13(21)17-7-18-14(12)22-8-16-6-20-22/h1-4,6-9H,5H2. The van der Waals surface area contributed by atoms with Crippen molar-refractivity contribution in [1.29, 1.82) is 0 Å². The molecule has 108 valence electrons. The Labute approximate surface area is 124 Å². The summed E-state index contributed by atoms with van der Waals surface area (Å²) < 4.78 is 17.1. The molecule has 1 aromatic carbocycles. The van der Waals surface area contributed by atoms with Crippen molar-refractivity contribution in [3.63, 3.8) is 0 Å². The molecule has 0 atom stereocenters. The number of hydrogen-bond acceptors (Lipinski definition) is 5. The van der Waals surface area contributed by atoms with Crippen molar-refractivity contribution in [1.82, 2.24) is 34.3 Å². The molecule has 0 aliphatic heterocycles. The number of nitrogens with zero attached hydrogens (tertiary/aromatic N) is 7. The van der Waals surface area contributed by atoms with Crippen molar-refractivity contribution >= 4 is 11.2 Å². The molecule has 0 spiro atoms. The first-order chi connectivity index (χ1) is 10.8. The molecule has 4 rings (SSSR count). The van der Waals surface area contributed by atoms with Crippen LogP contribution in [0.1, 0.15) is 5.56 Å². The van der Waals surface area contributed by atoms with E-state index in [2.05, 4.69) is 25.0 Å². The van der Waals surface area contributed by atoms with E-state index in [1.54, 1.807) is 29.1 Å². The molecule has 0 bridgehead atoms. The molecule has 7 nitrogen and oxygen atoms in total. The van der Waals surface area contributed by atoms with Crippen LogP contribution in [0, 0.1) is 5.82 Å². The average molecular weight is 295 g/mol. The second-order valence-electron chi connectivity index (χ2n) is 4.67. The fourth-order valence-corrected chi connectivity index (χ4v) is 2.28. The summed E-state index contributed by atoms with van der Waals surface area (Å²) in [6.45, 7) is 0.344. The third-order valence-electron chi connectivity index (χ3n) is 3.32. The molecule has 4 aromatic rings. The first-order valence-electron chi connectivity index (χ1n) is 6.57. The Morgan fingerprint density at radius 1 is 1.00 bits per heavy atom. The summed E-state index contributed by atoms with van der Waals surface area (Å²) in [6.07, 6.45) is 6.01. The number of imidazole rings is 1. The van der Waals surface area contributed by atoms with Gasteiger partial charge in [0.05, 0.1) is 12.9 Å². The first-order valence-corrected chi connectivity index (χ1v) is 6.57. The Morgan fingerprint density at radius 2 is 1.91 bits per heavy atom. The van der Waals surface area contributed by atoms with Gasteiger partial charge in [-0.15, -0.1) is 0 Å². The van der Waals surface area contributed by atoms with E-state index in [9.17, 15) is 4.39 Å². The molecule has 0 fully saturated rings. The summed E-state index contributed by atoms with van der Waals surface area (Å²) in [7, 11) is 0. The molecule has 0 aliphatic carbocycles. The second kappa shape index (κ2) is 4.99.